The zero-order chi connectivity index (χ0) is 16.1. The second-order valence-corrected chi connectivity index (χ2v) is 5.48. The van der Waals surface area contributed by atoms with Gasteiger partial charge in [0.2, 0.25) is 0 Å². The monoisotopic (exact) mass is 303 g/mol. The molecule has 1 aromatic carbocycles. The maximum atomic E-state index is 11.2. The summed E-state index contributed by atoms with van der Waals surface area (Å²) in [5.74, 6) is 1.76. The molecule has 118 valence electrons. The summed E-state index contributed by atoms with van der Waals surface area (Å²) in [7, 11) is 3.20. The van der Waals surface area contributed by atoms with Crippen molar-refractivity contribution in [3.63, 3.8) is 0 Å². The molecule has 6 nitrogen and oxygen atoms in total. The van der Waals surface area contributed by atoms with Gasteiger partial charge in [-0.2, -0.15) is 0 Å². The molecule has 0 unspecified atom stereocenters. The van der Waals surface area contributed by atoms with Crippen molar-refractivity contribution in [1.29, 1.82) is 0 Å². The average Bonchev–Trinajstić information content (AvgIpc) is 2.88. The van der Waals surface area contributed by atoms with Crippen LogP contribution in [0.15, 0.2) is 18.2 Å². The fourth-order valence-corrected chi connectivity index (χ4v) is 2.30. The van der Waals surface area contributed by atoms with Crippen molar-refractivity contribution in [2.45, 2.75) is 26.8 Å². The molecule has 0 aliphatic heterocycles. The second kappa shape index (κ2) is 7.06. The summed E-state index contributed by atoms with van der Waals surface area (Å²) >= 11 is 0. The van der Waals surface area contributed by atoms with Crippen LogP contribution in [0.3, 0.4) is 0 Å². The van der Waals surface area contributed by atoms with Crippen molar-refractivity contribution >= 4 is 6.29 Å². The number of hydrogen-bond donors (Lipinski definition) is 0. The van der Waals surface area contributed by atoms with Crippen molar-refractivity contribution in [1.82, 2.24) is 15.0 Å². The SMILES string of the molecule is COc1ccc(Cc2c(C=O)nnn2CC(C)C)cc1OC. The van der Waals surface area contributed by atoms with E-state index in [0.717, 1.165) is 24.1 Å². The third-order valence-corrected chi connectivity index (χ3v) is 3.34. The molecule has 1 heterocycles. The Morgan fingerprint density at radius 1 is 1.23 bits per heavy atom. The normalized spacial score (nSPS) is 10.8. The molecule has 0 saturated carbocycles. The van der Waals surface area contributed by atoms with E-state index in [0.29, 0.717) is 29.5 Å². The van der Waals surface area contributed by atoms with Gasteiger partial charge in [0.15, 0.2) is 17.8 Å². The van der Waals surface area contributed by atoms with Gasteiger partial charge in [-0.25, -0.2) is 4.68 Å². The number of nitrogens with zero attached hydrogens (tertiary/aromatic N) is 3. The minimum atomic E-state index is 0.385. The zero-order valence-corrected chi connectivity index (χ0v) is 13.4. The zero-order valence-electron chi connectivity index (χ0n) is 13.4. The Labute approximate surface area is 130 Å². The second-order valence-electron chi connectivity index (χ2n) is 5.48. The molecular formula is C16H21N3O3. The molecule has 6 heteroatoms. The lowest BCUT2D eigenvalue weighted by Crippen LogP contribution is -2.11. The minimum Gasteiger partial charge on any atom is -0.493 e. The van der Waals surface area contributed by atoms with Crippen LogP contribution in [0, 0.1) is 5.92 Å². The summed E-state index contributed by atoms with van der Waals surface area (Å²) in [5, 5.41) is 8.03. The van der Waals surface area contributed by atoms with Gasteiger partial charge in [0.25, 0.3) is 0 Å². The van der Waals surface area contributed by atoms with E-state index < -0.39 is 0 Å². The Hall–Kier alpha value is -2.37. The van der Waals surface area contributed by atoms with E-state index in [1.807, 2.05) is 18.2 Å². The largest absolute Gasteiger partial charge is 0.493 e. The third kappa shape index (κ3) is 3.44. The molecule has 0 fully saturated rings. The lowest BCUT2D eigenvalue weighted by Gasteiger charge is -2.11. The van der Waals surface area contributed by atoms with Gasteiger partial charge in [-0.05, 0) is 23.6 Å². The van der Waals surface area contributed by atoms with Gasteiger partial charge >= 0.3 is 0 Å². The molecule has 0 aliphatic rings. The molecule has 0 bridgehead atoms. The first kappa shape index (κ1) is 16.0. The number of hydrogen-bond acceptors (Lipinski definition) is 5. The van der Waals surface area contributed by atoms with Gasteiger partial charge in [0, 0.05) is 13.0 Å². The quantitative estimate of drug-likeness (QED) is 0.735. The molecule has 0 aliphatic carbocycles. The predicted molar refractivity (Wildman–Crippen MR) is 82.6 cm³/mol. The molecule has 0 spiro atoms. The summed E-state index contributed by atoms with van der Waals surface area (Å²) < 4.78 is 12.3. The number of aldehydes is 1. The maximum absolute atomic E-state index is 11.2. The number of ether oxygens (including phenoxy) is 2. The Morgan fingerprint density at radius 3 is 2.55 bits per heavy atom. The van der Waals surface area contributed by atoms with Crippen LogP contribution in [-0.2, 0) is 13.0 Å². The summed E-state index contributed by atoms with van der Waals surface area (Å²) in [5.41, 5.74) is 2.21. The molecular weight excluding hydrogens is 282 g/mol. The molecule has 0 saturated heterocycles. The van der Waals surface area contributed by atoms with E-state index in [2.05, 4.69) is 24.2 Å². The van der Waals surface area contributed by atoms with Crippen LogP contribution in [0.25, 0.3) is 0 Å². The van der Waals surface area contributed by atoms with Crippen molar-refractivity contribution in [2.75, 3.05) is 14.2 Å². The lowest BCUT2D eigenvalue weighted by atomic mass is 10.1. The number of rotatable bonds is 7. The Balaban J connectivity index is 2.33. The van der Waals surface area contributed by atoms with Gasteiger partial charge in [-0.15, -0.1) is 5.10 Å². The molecule has 0 N–H and O–H groups in total. The van der Waals surface area contributed by atoms with Crippen molar-refractivity contribution in [3.8, 4) is 11.5 Å². The van der Waals surface area contributed by atoms with Crippen molar-refractivity contribution in [2.24, 2.45) is 5.92 Å². The van der Waals surface area contributed by atoms with E-state index >= 15 is 0 Å². The van der Waals surface area contributed by atoms with Crippen LogP contribution >= 0.6 is 0 Å². The van der Waals surface area contributed by atoms with E-state index in [-0.39, 0.29) is 0 Å². The van der Waals surface area contributed by atoms with Crippen molar-refractivity contribution in [3.05, 3.63) is 35.2 Å². The van der Waals surface area contributed by atoms with Crippen LogP contribution in [0.5, 0.6) is 11.5 Å². The molecule has 2 rings (SSSR count). The van der Waals surface area contributed by atoms with Crippen LogP contribution in [-0.4, -0.2) is 35.5 Å². The number of benzene rings is 1. The molecule has 22 heavy (non-hydrogen) atoms. The first-order valence-electron chi connectivity index (χ1n) is 7.17. The van der Waals surface area contributed by atoms with Crippen LogP contribution < -0.4 is 9.47 Å². The van der Waals surface area contributed by atoms with Gasteiger partial charge < -0.3 is 9.47 Å². The van der Waals surface area contributed by atoms with E-state index in [4.69, 9.17) is 9.47 Å². The molecule has 1 aromatic heterocycles. The molecule has 2 aromatic rings. The number of aromatic nitrogens is 3. The highest BCUT2D eigenvalue weighted by Crippen LogP contribution is 2.28. The Morgan fingerprint density at radius 2 is 1.95 bits per heavy atom. The summed E-state index contributed by atoms with van der Waals surface area (Å²) in [4.78, 5) is 11.2. The maximum Gasteiger partial charge on any atom is 0.172 e. The fourth-order valence-electron chi connectivity index (χ4n) is 2.30. The number of carbonyl (C=O) groups excluding carboxylic acids is 1. The molecule has 0 atom stereocenters. The van der Waals surface area contributed by atoms with Gasteiger partial charge in [0.1, 0.15) is 5.69 Å². The van der Waals surface area contributed by atoms with Crippen LogP contribution in [0.2, 0.25) is 0 Å². The number of carbonyl (C=O) groups is 1. The Kier molecular flexibility index (Phi) is 5.14. The van der Waals surface area contributed by atoms with Gasteiger partial charge in [-0.1, -0.05) is 25.1 Å². The van der Waals surface area contributed by atoms with Crippen LogP contribution in [0.4, 0.5) is 0 Å². The topological polar surface area (TPSA) is 66.2 Å². The van der Waals surface area contributed by atoms with E-state index in [1.165, 1.54) is 0 Å². The minimum absolute atomic E-state index is 0.385. The smallest absolute Gasteiger partial charge is 0.172 e. The van der Waals surface area contributed by atoms with Crippen LogP contribution in [0.1, 0.15) is 35.6 Å². The fraction of sp³-hybridized carbons (Fsp3) is 0.438. The summed E-state index contributed by atoms with van der Waals surface area (Å²) in [6.07, 6.45) is 1.31. The first-order valence-corrected chi connectivity index (χ1v) is 7.17. The van der Waals surface area contributed by atoms with Crippen molar-refractivity contribution < 1.29 is 14.3 Å². The average molecular weight is 303 g/mol. The summed E-state index contributed by atoms with van der Waals surface area (Å²) in [6.45, 7) is 4.92. The highest BCUT2D eigenvalue weighted by atomic mass is 16.5. The highest BCUT2D eigenvalue weighted by Gasteiger charge is 2.15. The van der Waals surface area contributed by atoms with E-state index in [1.54, 1.807) is 18.9 Å². The first-order chi connectivity index (χ1) is 10.6. The lowest BCUT2D eigenvalue weighted by molar-refractivity contribution is 0.111. The predicted octanol–water partition coefficient (Wildman–Crippen LogP) is 2.35. The van der Waals surface area contributed by atoms with E-state index in [9.17, 15) is 4.79 Å². The molecule has 0 radical (unpaired) electrons. The number of methoxy groups -OCH3 is 2. The van der Waals surface area contributed by atoms with Gasteiger partial charge in [0.05, 0.1) is 19.9 Å². The Bertz CT molecular complexity index is 650. The summed E-state index contributed by atoms with van der Waals surface area (Å²) in [6, 6.07) is 5.70. The standard InChI is InChI=1S/C16H21N3O3/c1-11(2)9-19-14(13(10-20)17-18-19)7-12-5-6-15(21-3)16(8-12)22-4/h5-6,8,10-11H,7,9H2,1-4H3. The third-order valence-electron chi connectivity index (χ3n) is 3.34. The highest BCUT2D eigenvalue weighted by molar-refractivity contribution is 5.73. The van der Waals surface area contributed by atoms with Gasteiger partial charge in [-0.3, -0.25) is 4.79 Å². The molecule has 0 amide bonds.